The Labute approximate surface area is 120 Å². The van der Waals surface area contributed by atoms with Gasteiger partial charge in [0, 0.05) is 32.5 Å². The summed E-state index contributed by atoms with van der Waals surface area (Å²) in [6, 6.07) is 10.2. The van der Waals surface area contributed by atoms with E-state index in [1.54, 1.807) is 0 Å². The smallest absolute Gasteiger partial charge is 0.236 e. The monoisotopic (exact) mass is 274 g/mol. The number of ketones is 1. The van der Waals surface area contributed by atoms with E-state index in [2.05, 4.69) is 24.0 Å². The number of hydrogen-bond acceptors (Lipinski definition) is 3. The van der Waals surface area contributed by atoms with E-state index in [-0.39, 0.29) is 11.7 Å². The van der Waals surface area contributed by atoms with Crippen molar-refractivity contribution in [2.24, 2.45) is 0 Å². The molecule has 20 heavy (non-hydrogen) atoms. The van der Waals surface area contributed by atoms with Crippen LogP contribution in [0, 0.1) is 0 Å². The Balaban J connectivity index is 1.86. The van der Waals surface area contributed by atoms with Gasteiger partial charge in [-0.25, -0.2) is 0 Å². The molecule has 1 aromatic carbocycles. The lowest BCUT2D eigenvalue weighted by Crippen LogP contribution is -2.44. The molecular formula is C16H22N2O2. The van der Waals surface area contributed by atoms with Gasteiger partial charge in [0.25, 0.3) is 0 Å². The molecule has 0 unspecified atom stereocenters. The number of amides is 1. The van der Waals surface area contributed by atoms with Crippen LogP contribution in [0.25, 0.3) is 0 Å². The molecule has 1 aliphatic rings. The molecule has 0 N–H and O–H groups in total. The predicted octanol–water partition coefficient (Wildman–Crippen LogP) is 1.70. The van der Waals surface area contributed by atoms with Gasteiger partial charge in [-0.1, -0.05) is 37.3 Å². The van der Waals surface area contributed by atoms with Gasteiger partial charge in [0.05, 0.1) is 6.54 Å². The summed E-state index contributed by atoms with van der Waals surface area (Å²) in [6.45, 7) is 5.29. The summed E-state index contributed by atoms with van der Waals surface area (Å²) in [5.41, 5.74) is 1.22. The second kappa shape index (κ2) is 7.20. The van der Waals surface area contributed by atoms with Crippen molar-refractivity contribution in [1.82, 2.24) is 9.80 Å². The van der Waals surface area contributed by atoms with Crippen LogP contribution >= 0.6 is 0 Å². The van der Waals surface area contributed by atoms with Crippen LogP contribution in [0.4, 0.5) is 0 Å². The van der Waals surface area contributed by atoms with Gasteiger partial charge in [-0.2, -0.15) is 0 Å². The Hall–Kier alpha value is -1.68. The molecule has 4 nitrogen and oxygen atoms in total. The molecule has 108 valence electrons. The molecule has 1 aromatic rings. The van der Waals surface area contributed by atoms with Crippen molar-refractivity contribution in [3.63, 3.8) is 0 Å². The number of carbonyl (C=O) groups is 2. The van der Waals surface area contributed by atoms with E-state index in [4.69, 9.17) is 0 Å². The average molecular weight is 274 g/mol. The zero-order chi connectivity index (χ0) is 14.4. The Morgan fingerprint density at radius 3 is 2.45 bits per heavy atom. The Morgan fingerprint density at radius 1 is 1.20 bits per heavy atom. The number of nitrogens with zero attached hydrogens (tertiary/aromatic N) is 2. The molecule has 0 aromatic heterocycles. The molecule has 0 saturated carbocycles. The topological polar surface area (TPSA) is 40.6 Å². The minimum Gasteiger partial charge on any atom is -0.341 e. The first-order chi connectivity index (χ1) is 9.69. The van der Waals surface area contributed by atoms with Crippen LogP contribution in [-0.2, 0) is 16.1 Å². The van der Waals surface area contributed by atoms with E-state index in [0.29, 0.717) is 32.5 Å². The van der Waals surface area contributed by atoms with Crippen molar-refractivity contribution >= 4 is 11.7 Å². The molecular weight excluding hydrogens is 252 g/mol. The highest BCUT2D eigenvalue weighted by atomic mass is 16.2. The first-order valence-electron chi connectivity index (χ1n) is 7.24. The summed E-state index contributed by atoms with van der Waals surface area (Å²) in [5, 5.41) is 0. The van der Waals surface area contributed by atoms with Gasteiger partial charge < -0.3 is 4.90 Å². The van der Waals surface area contributed by atoms with E-state index in [9.17, 15) is 9.59 Å². The van der Waals surface area contributed by atoms with Crippen molar-refractivity contribution in [3.8, 4) is 0 Å². The molecule has 0 radical (unpaired) electrons. The first kappa shape index (κ1) is 14.7. The normalized spacial score (nSPS) is 15.7. The third kappa shape index (κ3) is 4.17. The SMILES string of the molecule is CCN(CC(=O)N1CCC(=O)CC1)Cc1ccccc1. The van der Waals surface area contributed by atoms with E-state index in [1.165, 1.54) is 5.56 Å². The zero-order valence-electron chi connectivity index (χ0n) is 12.0. The fourth-order valence-corrected chi connectivity index (χ4v) is 2.42. The number of benzene rings is 1. The highest BCUT2D eigenvalue weighted by molar-refractivity contribution is 5.84. The Kier molecular flexibility index (Phi) is 5.30. The maximum absolute atomic E-state index is 12.2. The third-order valence-electron chi connectivity index (χ3n) is 3.73. The molecule has 0 spiro atoms. The van der Waals surface area contributed by atoms with Crippen molar-refractivity contribution < 1.29 is 9.59 Å². The van der Waals surface area contributed by atoms with Crippen LogP contribution in [0.3, 0.4) is 0 Å². The van der Waals surface area contributed by atoms with Crippen molar-refractivity contribution in [3.05, 3.63) is 35.9 Å². The predicted molar refractivity (Wildman–Crippen MR) is 78.2 cm³/mol. The minimum absolute atomic E-state index is 0.135. The number of piperidine rings is 1. The molecule has 1 aliphatic heterocycles. The number of rotatable bonds is 5. The zero-order valence-corrected chi connectivity index (χ0v) is 12.0. The van der Waals surface area contributed by atoms with Gasteiger partial charge in [0.1, 0.15) is 5.78 Å². The third-order valence-corrected chi connectivity index (χ3v) is 3.73. The minimum atomic E-state index is 0.135. The summed E-state index contributed by atoms with van der Waals surface area (Å²) in [7, 11) is 0. The van der Waals surface area contributed by atoms with E-state index in [1.807, 2.05) is 23.1 Å². The van der Waals surface area contributed by atoms with Crippen molar-refractivity contribution in [1.29, 1.82) is 0 Å². The molecule has 1 heterocycles. The lowest BCUT2D eigenvalue weighted by atomic mass is 10.1. The molecule has 1 fully saturated rings. The van der Waals surface area contributed by atoms with E-state index >= 15 is 0 Å². The molecule has 0 bridgehead atoms. The van der Waals surface area contributed by atoms with Crippen molar-refractivity contribution in [2.75, 3.05) is 26.2 Å². The highest BCUT2D eigenvalue weighted by Gasteiger charge is 2.21. The van der Waals surface area contributed by atoms with Crippen LogP contribution in [0.5, 0.6) is 0 Å². The van der Waals surface area contributed by atoms with E-state index < -0.39 is 0 Å². The number of Topliss-reactive ketones (excluding diaryl/α,β-unsaturated/α-hetero) is 1. The number of likely N-dealkylation sites (N-methyl/N-ethyl adjacent to an activating group) is 1. The van der Waals surface area contributed by atoms with Crippen molar-refractivity contribution in [2.45, 2.75) is 26.3 Å². The lowest BCUT2D eigenvalue weighted by molar-refractivity contribution is -0.135. The number of hydrogen-bond donors (Lipinski definition) is 0. The van der Waals surface area contributed by atoms with Crippen LogP contribution in [-0.4, -0.2) is 47.7 Å². The van der Waals surface area contributed by atoms with Gasteiger partial charge in [-0.3, -0.25) is 14.5 Å². The second-order valence-electron chi connectivity index (χ2n) is 5.21. The van der Waals surface area contributed by atoms with Crippen LogP contribution in [0.1, 0.15) is 25.3 Å². The van der Waals surface area contributed by atoms with Gasteiger partial charge in [-0.15, -0.1) is 0 Å². The fourth-order valence-electron chi connectivity index (χ4n) is 2.42. The molecule has 1 saturated heterocycles. The Morgan fingerprint density at radius 2 is 1.85 bits per heavy atom. The van der Waals surface area contributed by atoms with Gasteiger partial charge in [0.15, 0.2) is 0 Å². The quantitative estimate of drug-likeness (QED) is 0.820. The van der Waals surface area contributed by atoms with Crippen LogP contribution in [0.2, 0.25) is 0 Å². The standard InChI is InChI=1S/C16H22N2O2/c1-2-17(12-14-6-4-3-5-7-14)13-16(20)18-10-8-15(19)9-11-18/h3-7H,2,8-13H2,1H3. The largest absolute Gasteiger partial charge is 0.341 e. The molecule has 0 atom stereocenters. The van der Waals surface area contributed by atoms with Gasteiger partial charge in [0.2, 0.25) is 5.91 Å². The maximum atomic E-state index is 12.2. The van der Waals surface area contributed by atoms with Gasteiger partial charge in [-0.05, 0) is 12.1 Å². The van der Waals surface area contributed by atoms with Crippen LogP contribution in [0.15, 0.2) is 30.3 Å². The number of carbonyl (C=O) groups excluding carboxylic acids is 2. The molecule has 0 aliphatic carbocycles. The van der Waals surface area contributed by atoms with Gasteiger partial charge >= 0.3 is 0 Å². The molecule has 1 amide bonds. The number of likely N-dealkylation sites (tertiary alicyclic amines) is 1. The lowest BCUT2D eigenvalue weighted by Gasteiger charge is -2.29. The summed E-state index contributed by atoms with van der Waals surface area (Å²) in [4.78, 5) is 27.4. The molecule has 2 rings (SSSR count). The summed E-state index contributed by atoms with van der Waals surface area (Å²) in [6.07, 6.45) is 1.02. The van der Waals surface area contributed by atoms with Crippen LogP contribution < -0.4 is 0 Å². The average Bonchev–Trinajstić information content (AvgIpc) is 2.48. The second-order valence-corrected chi connectivity index (χ2v) is 5.21. The summed E-state index contributed by atoms with van der Waals surface area (Å²) < 4.78 is 0. The first-order valence-corrected chi connectivity index (χ1v) is 7.24. The fraction of sp³-hybridized carbons (Fsp3) is 0.500. The maximum Gasteiger partial charge on any atom is 0.236 e. The van der Waals surface area contributed by atoms with E-state index in [0.717, 1.165) is 13.1 Å². The Bertz CT molecular complexity index is 449. The summed E-state index contributed by atoms with van der Waals surface area (Å²) >= 11 is 0. The molecule has 4 heteroatoms. The highest BCUT2D eigenvalue weighted by Crippen LogP contribution is 2.08. The summed E-state index contributed by atoms with van der Waals surface area (Å²) in [5.74, 6) is 0.404.